The molecule has 0 saturated heterocycles. The maximum Gasteiger partial charge on any atom is 0.314 e. The Morgan fingerprint density at radius 2 is 2.19 bits per heavy atom. The van der Waals surface area contributed by atoms with Gasteiger partial charge in [0.25, 0.3) is 0 Å². The van der Waals surface area contributed by atoms with E-state index in [1.54, 1.807) is 0 Å². The van der Waals surface area contributed by atoms with Crippen LogP contribution in [0, 0.1) is 5.92 Å². The molecule has 92 valence electrons. The standard InChI is InChI=1S/C11H19ClN2O2/c1-4-6-10(12)14-9(7-13)8(5-2)11(15)16-3/h7-8H,4-6,13H2,1-3H3/b9-7-,14-10?. The molecule has 0 radical (unpaired) electrons. The quantitative estimate of drug-likeness (QED) is 0.578. The van der Waals surface area contributed by atoms with Gasteiger partial charge in [-0.2, -0.15) is 0 Å². The van der Waals surface area contributed by atoms with Crippen LogP contribution in [-0.4, -0.2) is 18.2 Å². The number of carbonyl (C=O) groups is 1. The minimum absolute atomic E-state index is 0.344. The summed E-state index contributed by atoms with van der Waals surface area (Å²) in [7, 11) is 1.34. The lowest BCUT2D eigenvalue weighted by atomic mass is 10.0. The average Bonchev–Trinajstić information content (AvgIpc) is 2.28. The number of carbonyl (C=O) groups excluding carboxylic acids is 1. The van der Waals surface area contributed by atoms with E-state index in [0.717, 1.165) is 6.42 Å². The lowest BCUT2D eigenvalue weighted by Gasteiger charge is -2.12. The van der Waals surface area contributed by atoms with E-state index in [4.69, 9.17) is 17.3 Å². The Morgan fingerprint density at radius 3 is 2.56 bits per heavy atom. The lowest BCUT2D eigenvalue weighted by Crippen LogP contribution is -2.18. The van der Waals surface area contributed by atoms with Gasteiger partial charge in [-0.25, -0.2) is 4.99 Å². The monoisotopic (exact) mass is 246 g/mol. The highest BCUT2D eigenvalue weighted by Gasteiger charge is 2.21. The number of hydrogen-bond acceptors (Lipinski definition) is 4. The second kappa shape index (κ2) is 8.16. The van der Waals surface area contributed by atoms with E-state index in [9.17, 15) is 4.79 Å². The average molecular weight is 247 g/mol. The van der Waals surface area contributed by atoms with E-state index in [1.165, 1.54) is 13.3 Å². The Labute approximate surface area is 102 Å². The summed E-state index contributed by atoms with van der Waals surface area (Å²) in [6, 6.07) is 0. The first-order chi connectivity index (χ1) is 7.60. The highest BCUT2D eigenvalue weighted by atomic mass is 35.5. The first kappa shape index (κ1) is 15.0. The molecule has 0 aliphatic heterocycles. The number of halogens is 1. The highest BCUT2D eigenvalue weighted by Crippen LogP contribution is 2.18. The van der Waals surface area contributed by atoms with E-state index >= 15 is 0 Å². The van der Waals surface area contributed by atoms with Crippen molar-refractivity contribution < 1.29 is 9.53 Å². The van der Waals surface area contributed by atoms with Crippen molar-refractivity contribution in [2.45, 2.75) is 33.1 Å². The van der Waals surface area contributed by atoms with Crippen molar-refractivity contribution in [3.05, 3.63) is 11.9 Å². The summed E-state index contributed by atoms with van der Waals surface area (Å²) in [5.41, 5.74) is 5.92. The number of nitrogens with two attached hydrogens (primary N) is 1. The molecular formula is C11H19ClN2O2. The summed E-state index contributed by atoms with van der Waals surface area (Å²) in [5.74, 6) is -0.787. The molecule has 0 aromatic heterocycles. The predicted octanol–water partition coefficient (Wildman–Crippen LogP) is 2.42. The molecular weight excluding hydrogens is 228 g/mol. The maximum absolute atomic E-state index is 11.5. The third-order valence-corrected chi connectivity index (χ3v) is 2.40. The van der Waals surface area contributed by atoms with E-state index in [1.807, 2.05) is 13.8 Å². The van der Waals surface area contributed by atoms with Gasteiger partial charge in [0, 0.05) is 12.6 Å². The Balaban J connectivity index is 4.84. The fraction of sp³-hybridized carbons (Fsp3) is 0.636. The summed E-state index contributed by atoms with van der Waals surface area (Å²) in [5, 5.41) is 0.460. The van der Waals surface area contributed by atoms with Gasteiger partial charge in [0.15, 0.2) is 0 Å². The Bertz CT molecular complexity index is 288. The van der Waals surface area contributed by atoms with E-state index < -0.39 is 5.92 Å². The lowest BCUT2D eigenvalue weighted by molar-refractivity contribution is -0.144. The van der Waals surface area contributed by atoms with Crippen LogP contribution < -0.4 is 5.73 Å². The predicted molar refractivity (Wildman–Crippen MR) is 66.3 cm³/mol. The number of methoxy groups -OCH3 is 1. The number of esters is 1. The minimum Gasteiger partial charge on any atom is -0.469 e. The molecule has 0 heterocycles. The summed E-state index contributed by atoms with van der Waals surface area (Å²) >= 11 is 5.90. The molecule has 0 aromatic rings. The van der Waals surface area contributed by atoms with Crippen LogP contribution >= 0.6 is 11.6 Å². The fourth-order valence-electron chi connectivity index (χ4n) is 1.27. The van der Waals surface area contributed by atoms with Crippen molar-refractivity contribution in [3.63, 3.8) is 0 Å². The van der Waals surface area contributed by atoms with Crippen LogP contribution in [0.1, 0.15) is 33.1 Å². The Kier molecular flexibility index (Phi) is 7.64. The number of rotatable bonds is 6. The first-order valence-corrected chi connectivity index (χ1v) is 5.71. The molecule has 0 rings (SSSR count). The molecule has 0 bridgehead atoms. The van der Waals surface area contributed by atoms with Crippen molar-refractivity contribution in [2.75, 3.05) is 7.11 Å². The van der Waals surface area contributed by atoms with Crippen LogP contribution in [0.15, 0.2) is 16.9 Å². The van der Waals surface area contributed by atoms with Gasteiger partial charge in [-0.3, -0.25) is 4.79 Å². The van der Waals surface area contributed by atoms with Crippen LogP contribution in [0.2, 0.25) is 0 Å². The number of hydrogen-bond donors (Lipinski definition) is 1. The molecule has 0 fully saturated rings. The summed E-state index contributed by atoms with van der Waals surface area (Å²) in [6.45, 7) is 3.87. The zero-order valence-corrected chi connectivity index (χ0v) is 10.8. The topological polar surface area (TPSA) is 64.7 Å². The molecule has 0 saturated carbocycles. The van der Waals surface area contributed by atoms with E-state index in [0.29, 0.717) is 23.7 Å². The third kappa shape index (κ3) is 4.66. The second-order valence-corrected chi connectivity index (χ2v) is 3.75. The molecule has 1 unspecified atom stereocenters. The van der Waals surface area contributed by atoms with Gasteiger partial charge in [0.2, 0.25) is 0 Å². The second-order valence-electron chi connectivity index (χ2n) is 3.31. The normalized spacial score (nSPS) is 14.8. The van der Waals surface area contributed by atoms with Crippen LogP contribution in [0.25, 0.3) is 0 Å². The molecule has 0 aromatic carbocycles. The van der Waals surface area contributed by atoms with Crippen LogP contribution in [0.4, 0.5) is 0 Å². The van der Waals surface area contributed by atoms with Crippen LogP contribution in [-0.2, 0) is 9.53 Å². The highest BCUT2D eigenvalue weighted by molar-refractivity contribution is 6.65. The molecule has 0 aliphatic carbocycles. The van der Waals surface area contributed by atoms with Gasteiger partial charge >= 0.3 is 5.97 Å². The van der Waals surface area contributed by atoms with Gasteiger partial charge in [-0.05, 0) is 12.8 Å². The minimum atomic E-state index is -0.444. The van der Waals surface area contributed by atoms with E-state index in [-0.39, 0.29) is 5.97 Å². The molecule has 0 amide bonds. The number of ether oxygens (including phenoxy) is 1. The molecule has 2 N–H and O–H groups in total. The van der Waals surface area contributed by atoms with Crippen molar-refractivity contribution in [1.82, 2.24) is 0 Å². The van der Waals surface area contributed by atoms with E-state index in [2.05, 4.69) is 9.73 Å². The first-order valence-electron chi connectivity index (χ1n) is 5.33. The zero-order valence-electron chi connectivity index (χ0n) is 10.00. The molecule has 0 spiro atoms. The van der Waals surface area contributed by atoms with Gasteiger partial charge in [0.1, 0.15) is 11.1 Å². The van der Waals surface area contributed by atoms with Crippen molar-refractivity contribution in [2.24, 2.45) is 16.6 Å². The zero-order chi connectivity index (χ0) is 12.6. The Hall–Kier alpha value is -1.03. The van der Waals surface area contributed by atoms with Crippen LogP contribution in [0.3, 0.4) is 0 Å². The molecule has 0 aliphatic rings. The van der Waals surface area contributed by atoms with Crippen molar-refractivity contribution in [3.8, 4) is 0 Å². The number of nitrogens with zero attached hydrogens (tertiary/aromatic N) is 1. The van der Waals surface area contributed by atoms with Gasteiger partial charge < -0.3 is 10.5 Å². The SMILES string of the molecule is CCCC(Cl)=N/C(=C\N)C(CC)C(=O)OC. The smallest absolute Gasteiger partial charge is 0.314 e. The van der Waals surface area contributed by atoms with Gasteiger partial charge in [-0.15, -0.1) is 0 Å². The molecule has 4 nitrogen and oxygen atoms in total. The van der Waals surface area contributed by atoms with Crippen LogP contribution in [0.5, 0.6) is 0 Å². The number of aliphatic imine (C=N–C) groups is 1. The van der Waals surface area contributed by atoms with Gasteiger partial charge in [0.05, 0.1) is 12.8 Å². The fourth-order valence-corrected chi connectivity index (χ4v) is 1.56. The van der Waals surface area contributed by atoms with Gasteiger partial charge in [-0.1, -0.05) is 25.4 Å². The molecule has 1 atom stereocenters. The van der Waals surface area contributed by atoms with Crippen molar-refractivity contribution >= 4 is 22.7 Å². The molecule has 5 heteroatoms. The summed E-state index contributed by atoms with van der Waals surface area (Å²) in [6.07, 6.45) is 3.46. The molecule has 16 heavy (non-hydrogen) atoms. The third-order valence-electron chi connectivity index (χ3n) is 2.13. The summed E-state index contributed by atoms with van der Waals surface area (Å²) < 4.78 is 4.68. The largest absolute Gasteiger partial charge is 0.469 e. The Morgan fingerprint density at radius 1 is 1.56 bits per heavy atom. The summed E-state index contributed by atoms with van der Waals surface area (Å²) in [4.78, 5) is 15.6. The maximum atomic E-state index is 11.5. The van der Waals surface area contributed by atoms with Crippen molar-refractivity contribution in [1.29, 1.82) is 0 Å².